The van der Waals surface area contributed by atoms with Crippen LogP contribution < -0.4 is 10.7 Å². The number of nitrogens with zero attached hydrogens (tertiary/aromatic N) is 1. The molecule has 0 bridgehead atoms. The van der Waals surface area contributed by atoms with Gasteiger partial charge in [0.05, 0.1) is 5.52 Å². The molecule has 0 saturated carbocycles. The molecule has 1 aromatic carbocycles. The molecule has 4 nitrogen and oxygen atoms in total. The van der Waals surface area contributed by atoms with Gasteiger partial charge < -0.3 is 9.88 Å². The van der Waals surface area contributed by atoms with Gasteiger partial charge in [0.25, 0.3) is 0 Å². The maximum absolute atomic E-state index is 13.1. The number of pyridine rings is 1. The Bertz CT molecular complexity index is 664. The summed E-state index contributed by atoms with van der Waals surface area (Å²) in [4.78, 5) is 23.3. The molecule has 0 radical (unpaired) electrons. The van der Waals surface area contributed by atoms with Crippen molar-refractivity contribution < 1.29 is 9.18 Å². The fraction of sp³-hybridized carbons (Fsp3) is 0.286. The average Bonchev–Trinajstić information content (AvgIpc) is 2.40. The van der Waals surface area contributed by atoms with E-state index in [0.29, 0.717) is 12.1 Å². The van der Waals surface area contributed by atoms with E-state index >= 15 is 0 Å². The minimum absolute atomic E-state index is 0.114. The first-order valence-corrected chi connectivity index (χ1v) is 6.17. The molecule has 0 saturated heterocycles. The summed E-state index contributed by atoms with van der Waals surface area (Å²) in [5, 5.41) is 3.04. The van der Waals surface area contributed by atoms with Crippen LogP contribution in [0.25, 0.3) is 10.9 Å². The van der Waals surface area contributed by atoms with E-state index in [1.807, 2.05) is 6.92 Å². The molecular formula is C14H15FN2O2. The second-order valence-electron chi connectivity index (χ2n) is 4.32. The van der Waals surface area contributed by atoms with Crippen molar-refractivity contribution in [1.82, 2.24) is 9.88 Å². The van der Waals surface area contributed by atoms with Crippen molar-refractivity contribution in [2.75, 3.05) is 6.54 Å². The summed E-state index contributed by atoms with van der Waals surface area (Å²) in [7, 11) is 0. The van der Waals surface area contributed by atoms with Gasteiger partial charge in [0.2, 0.25) is 5.91 Å². The predicted octanol–water partition coefficient (Wildman–Crippen LogP) is 1.67. The molecule has 19 heavy (non-hydrogen) atoms. The zero-order chi connectivity index (χ0) is 13.8. The maximum Gasteiger partial charge on any atom is 0.239 e. The van der Waals surface area contributed by atoms with Gasteiger partial charge in [-0.15, -0.1) is 0 Å². The Hall–Kier alpha value is -2.17. The third kappa shape index (κ3) is 2.99. The SMILES string of the molecule is CCCNC(=O)Cn1ccc(=O)c2cc(F)ccc21. The summed E-state index contributed by atoms with van der Waals surface area (Å²) >= 11 is 0. The number of aromatic nitrogens is 1. The van der Waals surface area contributed by atoms with Crippen molar-refractivity contribution >= 4 is 16.8 Å². The number of rotatable bonds is 4. The van der Waals surface area contributed by atoms with Crippen LogP contribution in [-0.4, -0.2) is 17.0 Å². The van der Waals surface area contributed by atoms with Gasteiger partial charge in [-0.1, -0.05) is 6.92 Å². The molecule has 1 heterocycles. The molecule has 0 atom stereocenters. The van der Waals surface area contributed by atoms with Gasteiger partial charge in [-0.2, -0.15) is 0 Å². The molecule has 1 aromatic heterocycles. The first-order chi connectivity index (χ1) is 9.11. The maximum atomic E-state index is 13.1. The van der Waals surface area contributed by atoms with Crippen molar-refractivity contribution in [1.29, 1.82) is 0 Å². The lowest BCUT2D eigenvalue weighted by atomic mass is 10.2. The first kappa shape index (κ1) is 13.3. The van der Waals surface area contributed by atoms with Crippen LogP contribution in [0.3, 0.4) is 0 Å². The Morgan fingerprint density at radius 1 is 1.37 bits per heavy atom. The van der Waals surface area contributed by atoms with Crippen molar-refractivity contribution in [3.8, 4) is 0 Å². The van der Waals surface area contributed by atoms with Gasteiger partial charge in [-0.25, -0.2) is 4.39 Å². The third-order valence-electron chi connectivity index (χ3n) is 2.83. The molecule has 1 amide bonds. The lowest BCUT2D eigenvalue weighted by molar-refractivity contribution is -0.121. The quantitative estimate of drug-likeness (QED) is 0.911. The molecule has 0 spiro atoms. The Morgan fingerprint density at radius 2 is 2.16 bits per heavy atom. The second-order valence-corrected chi connectivity index (χ2v) is 4.32. The van der Waals surface area contributed by atoms with Gasteiger partial charge >= 0.3 is 0 Å². The Kier molecular flexibility index (Phi) is 3.94. The van der Waals surface area contributed by atoms with E-state index in [9.17, 15) is 14.0 Å². The largest absolute Gasteiger partial charge is 0.355 e. The van der Waals surface area contributed by atoms with Crippen LogP contribution in [0.1, 0.15) is 13.3 Å². The van der Waals surface area contributed by atoms with Crippen LogP contribution in [0.2, 0.25) is 0 Å². The standard InChI is InChI=1S/C14H15FN2O2/c1-2-6-16-14(19)9-17-7-5-13(18)11-8-10(15)3-4-12(11)17/h3-5,7-8H,2,6,9H2,1H3,(H,16,19). The number of hydrogen-bond acceptors (Lipinski definition) is 2. The summed E-state index contributed by atoms with van der Waals surface area (Å²) in [5.41, 5.74) is 0.306. The minimum atomic E-state index is -0.460. The normalized spacial score (nSPS) is 10.6. The zero-order valence-electron chi connectivity index (χ0n) is 10.6. The molecule has 0 aliphatic heterocycles. The van der Waals surface area contributed by atoms with Gasteiger partial charge in [-0.05, 0) is 24.6 Å². The summed E-state index contributed by atoms with van der Waals surface area (Å²) in [6.07, 6.45) is 2.41. The van der Waals surface area contributed by atoms with Crippen molar-refractivity contribution in [2.24, 2.45) is 0 Å². The van der Waals surface area contributed by atoms with Crippen LogP contribution in [0, 0.1) is 5.82 Å². The predicted molar refractivity (Wildman–Crippen MR) is 71.5 cm³/mol. The molecular weight excluding hydrogens is 247 g/mol. The van der Waals surface area contributed by atoms with E-state index in [1.165, 1.54) is 24.3 Å². The molecule has 2 rings (SSSR count). The molecule has 1 N–H and O–H groups in total. The highest BCUT2D eigenvalue weighted by molar-refractivity contribution is 5.82. The topological polar surface area (TPSA) is 51.1 Å². The Labute approximate surface area is 109 Å². The van der Waals surface area contributed by atoms with Crippen LogP contribution in [-0.2, 0) is 11.3 Å². The third-order valence-corrected chi connectivity index (χ3v) is 2.83. The lowest BCUT2D eigenvalue weighted by Crippen LogP contribution is -2.28. The van der Waals surface area contributed by atoms with E-state index < -0.39 is 5.82 Å². The highest BCUT2D eigenvalue weighted by Gasteiger charge is 2.07. The number of fused-ring (bicyclic) bond motifs is 1. The molecule has 0 unspecified atom stereocenters. The Morgan fingerprint density at radius 3 is 2.89 bits per heavy atom. The van der Waals surface area contributed by atoms with Crippen molar-refractivity contribution in [3.63, 3.8) is 0 Å². The van der Waals surface area contributed by atoms with E-state index in [-0.39, 0.29) is 23.3 Å². The first-order valence-electron chi connectivity index (χ1n) is 6.17. The molecule has 5 heteroatoms. The van der Waals surface area contributed by atoms with Gasteiger partial charge in [0.1, 0.15) is 12.4 Å². The molecule has 0 aliphatic carbocycles. The summed E-state index contributed by atoms with van der Waals surface area (Å²) < 4.78 is 14.8. The number of nitrogens with one attached hydrogen (secondary N) is 1. The van der Waals surface area contributed by atoms with E-state index in [1.54, 1.807) is 10.8 Å². The van der Waals surface area contributed by atoms with Crippen molar-refractivity contribution in [3.05, 3.63) is 46.5 Å². The molecule has 2 aromatic rings. The number of benzene rings is 1. The number of amides is 1. The van der Waals surface area contributed by atoms with Crippen LogP contribution in [0.4, 0.5) is 4.39 Å². The molecule has 100 valence electrons. The summed E-state index contributed by atoms with van der Waals surface area (Å²) in [5.74, 6) is -0.589. The van der Waals surface area contributed by atoms with E-state index in [2.05, 4.69) is 5.32 Å². The Balaban J connectivity index is 2.37. The van der Waals surface area contributed by atoms with Crippen LogP contribution >= 0.6 is 0 Å². The van der Waals surface area contributed by atoms with Crippen LogP contribution in [0.5, 0.6) is 0 Å². The number of carbonyl (C=O) groups is 1. The van der Waals surface area contributed by atoms with E-state index in [0.717, 1.165) is 6.42 Å². The van der Waals surface area contributed by atoms with Gasteiger partial charge in [-0.3, -0.25) is 9.59 Å². The fourth-order valence-corrected chi connectivity index (χ4v) is 1.90. The highest BCUT2D eigenvalue weighted by atomic mass is 19.1. The monoisotopic (exact) mass is 262 g/mol. The summed E-state index contributed by atoms with van der Waals surface area (Å²) in [6, 6.07) is 5.33. The number of carbonyl (C=O) groups excluding carboxylic acids is 1. The fourth-order valence-electron chi connectivity index (χ4n) is 1.90. The van der Waals surface area contributed by atoms with Crippen LogP contribution in [0.15, 0.2) is 35.3 Å². The molecule has 0 fully saturated rings. The van der Waals surface area contributed by atoms with Gasteiger partial charge in [0.15, 0.2) is 5.43 Å². The van der Waals surface area contributed by atoms with Crippen molar-refractivity contribution in [2.45, 2.75) is 19.9 Å². The number of halogens is 1. The van der Waals surface area contributed by atoms with E-state index in [4.69, 9.17) is 0 Å². The highest BCUT2D eigenvalue weighted by Crippen LogP contribution is 2.11. The van der Waals surface area contributed by atoms with Gasteiger partial charge in [0, 0.05) is 24.2 Å². The average molecular weight is 262 g/mol. The number of hydrogen-bond donors (Lipinski definition) is 1. The second kappa shape index (κ2) is 5.65. The summed E-state index contributed by atoms with van der Waals surface area (Å²) in [6.45, 7) is 2.70. The molecule has 0 aliphatic rings. The lowest BCUT2D eigenvalue weighted by Gasteiger charge is -2.10. The zero-order valence-corrected chi connectivity index (χ0v) is 10.6. The smallest absolute Gasteiger partial charge is 0.239 e. The minimum Gasteiger partial charge on any atom is -0.355 e.